The third-order valence-corrected chi connectivity index (χ3v) is 1.61. The topological polar surface area (TPSA) is 35.9 Å². The Kier molecular flexibility index (Phi) is 2.66. The Balaban J connectivity index is 2.92. The highest BCUT2D eigenvalue weighted by Gasteiger charge is 1.95. The van der Waals surface area contributed by atoms with Gasteiger partial charge in [-0.05, 0) is 17.8 Å². The van der Waals surface area contributed by atoms with Crippen LogP contribution in [-0.2, 0) is 6.42 Å². The Hall–Kier alpha value is -1.31. The summed E-state index contributed by atoms with van der Waals surface area (Å²) in [6, 6.07) is 8.01. The van der Waals surface area contributed by atoms with Crippen molar-refractivity contribution in [1.29, 1.82) is 5.41 Å². The predicted octanol–water partition coefficient (Wildman–Crippen LogP) is 1.92. The zero-order valence-electron chi connectivity index (χ0n) is 6.59. The van der Waals surface area contributed by atoms with Gasteiger partial charge in [0, 0.05) is 19.2 Å². The highest BCUT2D eigenvalue weighted by molar-refractivity contribution is 5.64. The van der Waals surface area contributed by atoms with E-state index in [-0.39, 0.29) is 0 Å². The van der Waals surface area contributed by atoms with E-state index < -0.39 is 0 Å². The summed E-state index contributed by atoms with van der Waals surface area (Å²) in [5, 5.41) is 10.0. The molecular weight excluding hydrogens is 136 g/mol. The molecule has 0 bridgehead atoms. The summed E-state index contributed by atoms with van der Waals surface area (Å²) in [6.45, 7) is 0. The number of anilines is 1. The molecule has 2 N–H and O–H groups in total. The van der Waals surface area contributed by atoms with Crippen LogP contribution in [0.15, 0.2) is 24.3 Å². The molecule has 58 valence electrons. The molecule has 0 atom stereocenters. The standard InChI is InChI=1S/C9H12N2/c1-11-9-5-3-2-4-8(9)6-7-10/h2-5,7,10-11H,6H2,1H3. The normalized spacial score (nSPS) is 9.18. The Morgan fingerprint density at radius 3 is 2.82 bits per heavy atom. The number of benzene rings is 1. The van der Waals surface area contributed by atoms with E-state index in [1.807, 2.05) is 31.3 Å². The highest BCUT2D eigenvalue weighted by Crippen LogP contribution is 2.13. The lowest BCUT2D eigenvalue weighted by atomic mass is 10.1. The van der Waals surface area contributed by atoms with E-state index in [4.69, 9.17) is 5.41 Å². The number of hydrogen-bond donors (Lipinski definition) is 2. The lowest BCUT2D eigenvalue weighted by Gasteiger charge is -2.04. The summed E-state index contributed by atoms with van der Waals surface area (Å²) in [5.74, 6) is 0. The molecule has 1 aromatic carbocycles. The van der Waals surface area contributed by atoms with Crippen molar-refractivity contribution in [3.8, 4) is 0 Å². The molecule has 0 aliphatic carbocycles. The fourth-order valence-corrected chi connectivity index (χ4v) is 1.05. The minimum Gasteiger partial charge on any atom is -0.388 e. The lowest BCUT2D eigenvalue weighted by molar-refractivity contribution is 1.31. The van der Waals surface area contributed by atoms with Crippen molar-refractivity contribution in [3.05, 3.63) is 29.8 Å². The molecule has 1 aromatic rings. The lowest BCUT2D eigenvalue weighted by Crippen LogP contribution is -1.94. The second kappa shape index (κ2) is 3.76. The molecule has 0 unspecified atom stereocenters. The predicted molar refractivity (Wildman–Crippen MR) is 48.5 cm³/mol. The molecule has 0 fully saturated rings. The average Bonchev–Trinajstić information content (AvgIpc) is 2.06. The molecule has 0 heterocycles. The summed E-state index contributed by atoms with van der Waals surface area (Å²) >= 11 is 0. The molecule has 0 saturated heterocycles. The molecule has 0 aliphatic rings. The van der Waals surface area contributed by atoms with Crippen LogP contribution in [0, 0.1) is 5.41 Å². The van der Waals surface area contributed by atoms with Crippen LogP contribution in [0.4, 0.5) is 5.69 Å². The summed E-state index contributed by atoms with van der Waals surface area (Å²) in [6.07, 6.45) is 2.12. The largest absolute Gasteiger partial charge is 0.388 e. The summed E-state index contributed by atoms with van der Waals surface area (Å²) in [7, 11) is 1.89. The van der Waals surface area contributed by atoms with Gasteiger partial charge in [0.2, 0.25) is 0 Å². The molecule has 0 aromatic heterocycles. The quantitative estimate of drug-likeness (QED) is 0.631. The van der Waals surface area contributed by atoms with Gasteiger partial charge < -0.3 is 10.7 Å². The number of nitrogens with one attached hydrogen (secondary N) is 2. The molecule has 2 heteroatoms. The van der Waals surface area contributed by atoms with Gasteiger partial charge in [-0.15, -0.1) is 0 Å². The first-order valence-electron chi connectivity index (χ1n) is 3.63. The van der Waals surface area contributed by atoms with Crippen molar-refractivity contribution in [2.45, 2.75) is 6.42 Å². The van der Waals surface area contributed by atoms with Crippen LogP contribution < -0.4 is 5.32 Å². The Morgan fingerprint density at radius 1 is 1.45 bits per heavy atom. The fraction of sp³-hybridized carbons (Fsp3) is 0.222. The van der Waals surface area contributed by atoms with Gasteiger partial charge in [-0.3, -0.25) is 0 Å². The van der Waals surface area contributed by atoms with Gasteiger partial charge in [-0.2, -0.15) is 0 Å². The van der Waals surface area contributed by atoms with Crippen LogP contribution in [-0.4, -0.2) is 13.3 Å². The minimum atomic E-state index is 0.705. The van der Waals surface area contributed by atoms with Crippen LogP contribution in [0.2, 0.25) is 0 Å². The van der Waals surface area contributed by atoms with E-state index in [0.29, 0.717) is 6.42 Å². The van der Waals surface area contributed by atoms with E-state index in [9.17, 15) is 0 Å². The molecular formula is C9H12N2. The minimum absolute atomic E-state index is 0.705. The monoisotopic (exact) mass is 148 g/mol. The average molecular weight is 148 g/mol. The van der Waals surface area contributed by atoms with E-state index in [0.717, 1.165) is 5.69 Å². The van der Waals surface area contributed by atoms with Gasteiger partial charge in [0.1, 0.15) is 0 Å². The van der Waals surface area contributed by atoms with Crippen molar-refractivity contribution >= 4 is 11.9 Å². The molecule has 0 aliphatic heterocycles. The van der Waals surface area contributed by atoms with E-state index in [2.05, 4.69) is 5.32 Å². The van der Waals surface area contributed by atoms with Gasteiger partial charge >= 0.3 is 0 Å². The van der Waals surface area contributed by atoms with E-state index >= 15 is 0 Å². The molecule has 0 spiro atoms. The third-order valence-electron chi connectivity index (χ3n) is 1.61. The van der Waals surface area contributed by atoms with Crippen LogP contribution in [0.1, 0.15) is 5.56 Å². The van der Waals surface area contributed by atoms with E-state index in [1.165, 1.54) is 11.8 Å². The number of para-hydroxylation sites is 1. The second-order valence-electron chi connectivity index (χ2n) is 2.32. The van der Waals surface area contributed by atoms with Gasteiger partial charge in [0.25, 0.3) is 0 Å². The molecule has 0 saturated carbocycles. The van der Waals surface area contributed by atoms with Crippen molar-refractivity contribution < 1.29 is 0 Å². The van der Waals surface area contributed by atoms with Crippen molar-refractivity contribution in [3.63, 3.8) is 0 Å². The third kappa shape index (κ3) is 1.80. The number of rotatable bonds is 3. The summed E-state index contributed by atoms with van der Waals surface area (Å²) < 4.78 is 0. The van der Waals surface area contributed by atoms with Gasteiger partial charge in [-0.1, -0.05) is 18.2 Å². The Morgan fingerprint density at radius 2 is 2.18 bits per heavy atom. The maximum absolute atomic E-state index is 6.96. The fourth-order valence-electron chi connectivity index (χ4n) is 1.05. The first-order valence-corrected chi connectivity index (χ1v) is 3.63. The first kappa shape index (κ1) is 7.79. The molecule has 2 nitrogen and oxygen atoms in total. The van der Waals surface area contributed by atoms with Crippen LogP contribution in [0.3, 0.4) is 0 Å². The maximum atomic E-state index is 6.96. The highest BCUT2D eigenvalue weighted by atomic mass is 14.8. The number of hydrogen-bond acceptors (Lipinski definition) is 2. The zero-order chi connectivity index (χ0) is 8.10. The van der Waals surface area contributed by atoms with Crippen LogP contribution in [0.25, 0.3) is 0 Å². The van der Waals surface area contributed by atoms with Gasteiger partial charge in [0.05, 0.1) is 0 Å². The smallest absolute Gasteiger partial charge is 0.0373 e. The van der Waals surface area contributed by atoms with Gasteiger partial charge in [0.15, 0.2) is 0 Å². The van der Waals surface area contributed by atoms with Crippen molar-refractivity contribution in [2.75, 3.05) is 12.4 Å². The molecule has 1 rings (SSSR count). The summed E-state index contributed by atoms with van der Waals surface area (Å²) in [5.41, 5.74) is 2.28. The molecule has 0 amide bonds. The second-order valence-corrected chi connectivity index (χ2v) is 2.32. The van der Waals surface area contributed by atoms with Crippen molar-refractivity contribution in [1.82, 2.24) is 0 Å². The van der Waals surface area contributed by atoms with E-state index in [1.54, 1.807) is 0 Å². The summed E-state index contributed by atoms with van der Waals surface area (Å²) in [4.78, 5) is 0. The van der Waals surface area contributed by atoms with Gasteiger partial charge in [-0.25, -0.2) is 0 Å². The van der Waals surface area contributed by atoms with Crippen LogP contribution in [0.5, 0.6) is 0 Å². The van der Waals surface area contributed by atoms with Crippen LogP contribution >= 0.6 is 0 Å². The Labute approximate surface area is 66.8 Å². The Bertz CT molecular complexity index is 243. The zero-order valence-corrected chi connectivity index (χ0v) is 6.59. The van der Waals surface area contributed by atoms with Crippen molar-refractivity contribution in [2.24, 2.45) is 0 Å². The maximum Gasteiger partial charge on any atom is 0.0373 e. The molecule has 0 radical (unpaired) electrons. The SMILES string of the molecule is CNc1ccccc1CC=N. The molecule has 11 heavy (non-hydrogen) atoms. The first-order chi connectivity index (χ1) is 5.38.